The smallest absolute Gasteiger partial charge is 0.177 e. The molecule has 0 fully saturated rings. The van der Waals surface area contributed by atoms with Crippen molar-refractivity contribution in [2.24, 2.45) is 5.92 Å². The van der Waals surface area contributed by atoms with E-state index in [-0.39, 0.29) is 11.6 Å². The van der Waals surface area contributed by atoms with Crippen molar-refractivity contribution in [1.82, 2.24) is 0 Å². The van der Waals surface area contributed by atoms with Crippen molar-refractivity contribution in [3.8, 4) is 5.75 Å². The number of fused-ring (bicyclic) bond motifs is 2. The second-order valence-corrected chi connectivity index (χ2v) is 4.60. The van der Waals surface area contributed by atoms with Crippen LogP contribution in [0.3, 0.4) is 0 Å². The zero-order valence-electron chi connectivity index (χ0n) is 10.2. The van der Waals surface area contributed by atoms with Crippen molar-refractivity contribution in [3.63, 3.8) is 0 Å². The molecule has 3 nitrogen and oxygen atoms in total. The zero-order valence-corrected chi connectivity index (χ0v) is 10.2. The van der Waals surface area contributed by atoms with Crippen LogP contribution < -0.4 is 4.74 Å². The number of hydrogen-bond donors (Lipinski definition) is 0. The molecule has 0 spiro atoms. The minimum atomic E-state index is -0.603. The van der Waals surface area contributed by atoms with Crippen molar-refractivity contribution >= 4 is 17.6 Å². The van der Waals surface area contributed by atoms with Gasteiger partial charge in [0.1, 0.15) is 11.5 Å². The predicted molar refractivity (Wildman–Crippen MR) is 66.9 cm³/mol. The molecule has 1 aliphatic heterocycles. The van der Waals surface area contributed by atoms with Gasteiger partial charge in [0, 0.05) is 11.1 Å². The Morgan fingerprint density at radius 2 is 1.83 bits per heavy atom. The molecule has 0 saturated heterocycles. The molecule has 1 aromatic carbocycles. The lowest BCUT2D eigenvalue weighted by molar-refractivity contribution is -0.128. The van der Waals surface area contributed by atoms with Crippen LogP contribution in [-0.2, 0) is 9.59 Å². The van der Waals surface area contributed by atoms with E-state index in [0.29, 0.717) is 22.7 Å². The minimum absolute atomic E-state index is 0.147. The Balaban J connectivity index is 2.25. The highest BCUT2D eigenvalue weighted by Gasteiger charge is 2.37. The summed E-state index contributed by atoms with van der Waals surface area (Å²) >= 11 is 0. The van der Waals surface area contributed by atoms with Crippen LogP contribution in [0.4, 0.5) is 0 Å². The maximum atomic E-state index is 12.1. The van der Waals surface area contributed by atoms with Gasteiger partial charge in [-0.25, -0.2) is 0 Å². The molecular weight excluding hydrogens is 228 g/mol. The molecule has 1 unspecified atom stereocenters. The van der Waals surface area contributed by atoms with Crippen LogP contribution in [0.1, 0.15) is 19.4 Å². The van der Waals surface area contributed by atoms with E-state index in [9.17, 15) is 9.59 Å². The first-order valence-corrected chi connectivity index (χ1v) is 5.88. The molecule has 0 bridgehead atoms. The standard InChI is InChI=1S/C15H12O3/c1-8-13(16)9(2)15-11(14(8)17)7-10-5-3-4-6-12(10)18-15/h3-8H,1-2H3. The summed E-state index contributed by atoms with van der Waals surface area (Å²) in [7, 11) is 0. The molecule has 0 aromatic heterocycles. The Morgan fingerprint density at radius 3 is 2.61 bits per heavy atom. The van der Waals surface area contributed by atoms with Crippen molar-refractivity contribution in [2.75, 3.05) is 0 Å². The van der Waals surface area contributed by atoms with Gasteiger partial charge in [-0.2, -0.15) is 0 Å². The predicted octanol–water partition coefficient (Wildman–Crippen LogP) is 2.52. The molecule has 1 heterocycles. The first-order chi connectivity index (χ1) is 8.59. The fourth-order valence-corrected chi connectivity index (χ4v) is 2.33. The van der Waals surface area contributed by atoms with Crippen molar-refractivity contribution in [2.45, 2.75) is 13.8 Å². The highest BCUT2D eigenvalue weighted by molar-refractivity contribution is 6.22. The van der Waals surface area contributed by atoms with Gasteiger partial charge in [-0.05, 0) is 26.0 Å². The minimum Gasteiger partial charge on any atom is -0.456 e. The van der Waals surface area contributed by atoms with E-state index >= 15 is 0 Å². The molecule has 0 N–H and O–H groups in total. The first kappa shape index (κ1) is 11.0. The van der Waals surface area contributed by atoms with Gasteiger partial charge in [0.2, 0.25) is 0 Å². The summed E-state index contributed by atoms with van der Waals surface area (Å²) < 4.78 is 5.71. The van der Waals surface area contributed by atoms with E-state index in [1.54, 1.807) is 13.8 Å². The van der Waals surface area contributed by atoms with E-state index in [1.807, 2.05) is 30.3 Å². The number of carbonyl (C=O) groups is 2. The number of ketones is 2. The van der Waals surface area contributed by atoms with E-state index in [4.69, 9.17) is 4.74 Å². The van der Waals surface area contributed by atoms with Crippen LogP contribution in [0.15, 0.2) is 41.2 Å². The molecule has 0 saturated carbocycles. The fourth-order valence-electron chi connectivity index (χ4n) is 2.33. The highest BCUT2D eigenvalue weighted by Crippen LogP contribution is 2.37. The third-order valence-corrected chi connectivity index (χ3v) is 3.44. The van der Waals surface area contributed by atoms with E-state index in [1.165, 1.54) is 0 Å². The van der Waals surface area contributed by atoms with Gasteiger partial charge >= 0.3 is 0 Å². The van der Waals surface area contributed by atoms with Gasteiger partial charge < -0.3 is 4.74 Å². The Morgan fingerprint density at radius 1 is 1.11 bits per heavy atom. The van der Waals surface area contributed by atoms with Gasteiger partial charge in [-0.15, -0.1) is 0 Å². The Labute approximate surface area is 105 Å². The summed E-state index contributed by atoms with van der Waals surface area (Å²) in [4.78, 5) is 24.0. The van der Waals surface area contributed by atoms with Crippen LogP contribution in [0, 0.1) is 5.92 Å². The molecular formula is C15H12O3. The second kappa shape index (κ2) is 3.67. The summed E-state index contributed by atoms with van der Waals surface area (Å²) in [5.41, 5.74) is 1.92. The van der Waals surface area contributed by atoms with Crippen LogP contribution in [-0.4, -0.2) is 11.6 Å². The van der Waals surface area contributed by atoms with Gasteiger partial charge in [0.15, 0.2) is 11.6 Å². The Bertz CT molecular complexity index is 635. The Kier molecular flexibility index (Phi) is 2.23. The third kappa shape index (κ3) is 1.37. The monoisotopic (exact) mass is 240 g/mol. The highest BCUT2D eigenvalue weighted by atomic mass is 16.5. The van der Waals surface area contributed by atoms with Gasteiger partial charge in [0.05, 0.1) is 11.5 Å². The molecule has 3 rings (SSSR count). The SMILES string of the molecule is CC1=C2Oc3ccccc3C=C2C(=O)C(C)C1=O. The van der Waals surface area contributed by atoms with E-state index in [0.717, 1.165) is 5.56 Å². The lowest BCUT2D eigenvalue weighted by atomic mass is 9.82. The molecule has 1 aliphatic carbocycles. The number of allylic oxidation sites excluding steroid dienone is 2. The summed E-state index contributed by atoms with van der Waals surface area (Å²) in [6.45, 7) is 3.36. The quantitative estimate of drug-likeness (QED) is 0.654. The summed E-state index contributed by atoms with van der Waals surface area (Å²) in [6, 6.07) is 7.48. The normalized spacial score (nSPS) is 22.1. The van der Waals surface area contributed by atoms with Crippen LogP contribution in [0.5, 0.6) is 5.75 Å². The van der Waals surface area contributed by atoms with E-state index in [2.05, 4.69) is 0 Å². The van der Waals surface area contributed by atoms with Crippen LogP contribution in [0.2, 0.25) is 0 Å². The molecule has 2 aliphatic rings. The van der Waals surface area contributed by atoms with Crippen molar-refractivity contribution in [1.29, 1.82) is 0 Å². The molecule has 18 heavy (non-hydrogen) atoms. The second-order valence-electron chi connectivity index (χ2n) is 4.60. The fraction of sp³-hybridized carbons (Fsp3) is 0.200. The summed E-state index contributed by atoms with van der Waals surface area (Å²) in [6.07, 6.45) is 1.81. The zero-order chi connectivity index (χ0) is 12.9. The van der Waals surface area contributed by atoms with Gasteiger partial charge in [-0.3, -0.25) is 9.59 Å². The number of carbonyl (C=O) groups excluding carboxylic acids is 2. The lowest BCUT2D eigenvalue weighted by Gasteiger charge is -2.27. The lowest BCUT2D eigenvalue weighted by Crippen LogP contribution is -2.32. The number of Topliss-reactive ketones (excluding diaryl/α,β-unsaturated/α-hetero) is 2. The maximum Gasteiger partial charge on any atom is 0.177 e. The van der Waals surface area contributed by atoms with E-state index < -0.39 is 5.92 Å². The number of hydrogen-bond acceptors (Lipinski definition) is 3. The van der Waals surface area contributed by atoms with Crippen LogP contribution in [0.25, 0.3) is 6.08 Å². The Hall–Kier alpha value is -2.16. The molecule has 0 radical (unpaired) electrons. The van der Waals surface area contributed by atoms with Gasteiger partial charge in [0.25, 0.3) is 0 Å². The first-order valence-electron chi connectivity index (χ1n) is 5.88. The number of para-hydroxylation sites is 1. The number of ether oxygens (including phenoxy) is 1. The van der Waals surface area contributed by atoms with Gasteiger partial charge in [-0.1, -0.05) is 18.2 Å². The molecule has 1 atom stereocenters. The summed E-state index contributed by atoms with van der Waals surface area (Å²) in [5.74, 6) is 0.197. The van der Waals surface area contributed by atoms with Crippen molar-refractivity contribution in [3.05, 3.63) is 46.7 Å². The molecule has 1 aromatic rings. The third-order valence-electron chi connectivity index (χ3n) is 3.44. The van der Waals surface area contributed by atoms with Crippen LogP contribution >= 0.6 is 0 Å². The topological polar surface area (TPSA) is 43.4 Å². The van der Waals surface area contributed by atoms with Crippen molar-refractivity contribution < 1.29 is 14.3 Å². The molecule has 3 heteroatoms. The molecule has 0 amide bonds. The summed E-state index contributed by atoms with van der Waals surface area (Å²) in [5, 5.41) is 0. The number of rotatable bonds is 0. The largest absolute Gasteiger partial charge is 0.456 e. The average molecular weight is 240 g/mol. The molecule has 90 valence electrons. The number of benzene rings is 1. The average Bonchev–Trinajstić information content (AvgIpc) is 2.41. The maximum absolute atomic E-state index is 12.1.